The highest BCUT2D eigenvalue weighted by Gasteiger charge is 2.17. The number of nitrogens with one attached hydrogen (secondary N) is 1. The summed E-state index contributed by atoms with van der Waals surface area (Å²) in [5.74, 6) is 0.228. The van der Waals surface area contributed by atoms with Crippen molar-refractivity contribution in [1.29, 1.82) is 0 Å². The molecule has 2 aromatic rings. The lowest BCUT2D eigenvalue weighted by molar-refractivity contribution is 0.626. The molecule has 4 heteroatoms. The second kappa shape index (κ2) is 7.33. The zero-order valence-corrected chi connectivity index (χ0v) is 13.4. The van der Waals surface area contributed by atoms with E-state index in [0.717, 1.165) is 29.1 Å². The van der Waals surface area contributed by atoms with Gasteiger partial charge < -0.3 is 5.32 Å². The zero-order chi connectivity index (χ0) is 14.5. The van der Waals surface area contributed by atoms with Crippen LogP contribution in [0, 0.1) is 0 Å². The molecule has 0 aliphatic heterocycles. The summed E-state index contributed by atoms with van der Waals surface area (Å²) in [5, 5.41) is 5.38. The Morgan fingerprint density at radius 1 is 0.900 bits per heavy atom. The fourth-order valence-electron chi connectivity index (χ4n) is 2.32. The first-order chi connectivity index (χ1) is 9.63. The summed E-state index contributed by atoms with van der Waals surface area (Å²) in [6, 6.07) is 13.5. The van der Waals surface area contributed by atoms with Gasteiger partial charge in [0.25, 0.3) is 0 Å². The fraction of sp³-hybridized carbons (Fsp3) is 0.250. The van der Waals surface area contributed by atoms with Crippen molar-refractivity contribution in [2.45, 2.75) is 12.3 Å². The summed E-state index contributed by atoms with van der Waals surface area (Å²) < 4.78 is 0. The van der Waals surface area contributed by atoms with Crippen LogP contribution in [0.25, 0.3) is 0 Å². The highest BCUT2D eigenvalue weighted by Crippen LogP contribution is 2.32. The summed E-state index contributed by atoms with van der Waals surface area (Å²) in [5.41, 5.74) is 2.08. The van der Waals surface area contributed by atoms with Gasteiger partial charge in [-0.25, -0.2) is 0 Å². The van der Waals surface area contributed by atoms with Crippen molar-refractivity contribution in [2.24, 2.45) is 0 Å². The minimum Gasteiger partial charge on any atom is -0.319 e. The van der Waals surface area contributed by atoms with Crippen LogP contribution in [0.3, 0.4) is 0 Å². The van der Waals surface area contributed by atoms with Crippen molar-refractivity contribution >= 4 is 34.8 Å². The summed E-state index contributed by atoms with van der Waals surface area (Å²) in [7, 11) is 1.93. The lowest BCUT2D eigenvalue weighted by Crippen LogP contribution is -2.19. The highest BCUT2D eigenvalue weighted by molar-refractivity contribution is 6.36. The maximum atomic E-state index is 6.31. The Morgan fingerprint density at radius 2 is 1.50 bits per heavy atom. The van der Waals surface area contributed by atoms with E-state index in [2.05, 4.69) is 11.4 Å². The first kappa shape index (κ1) is 15.7. The minimum absolute atomic E-state index is 0.228. The molecule has 0 heterocycles. The average molecular weight is 329 g/mol. The van der Waals surface area contributed by atoms with Crippen molar-refractivity contribution in [2.75, 3.05) is 13.6 Å². The topological polar surface area (TPSA) is 12.0 Å². The van der Waals surface area contributed by atoms with Crippen molar-refractivity contribution < 1.29 is 0 Å². The van der Waals surface area contributed by atoms with Gasteiger partial charge in [0.1, 0.15) is 0 Å². The molecule has 0 bridgehead atoms. The molecule has 0 amide bonds. The molecule has 20 heavy (non-hydrogen) atoms. The molecule has 1 N–H and O–H groups in total. The summed E-state index contributed by atoms with van der Waals surface area (Å²) in [6.45, 7) is 0.811. The van der Waals surface area contributed by atoms with Crippen LogP contribution in [0.1, 0.15) is 17.0 Å². The Balaban J connectivity index is 2.33. The van der Waals surface area contributed by atoms with E-state index in [9.17, 15) is 0 Å². The molecule has 0 saturated carbocycles. The molecule has 0 radical (unpaired) electrons. The van der Waals surface area contributed by atoms with Gasteiger partial charge in [-0.15, -0.1) is 0 Å². The largest absolute Gasteiger partial charge is 0.319 e. The van der Waals surface area contributed by atoms with Crippen LogP contribution >= 0.6 is 34.8 Å². The van der Waals surface area contributed by atoms with Crippen LogP contribution in [0.2, 0.25) is 15.1 Å². The average Bonchev–Trinajstić information content (AvgIpc) is 2.43. The van der Waals surface area contributed by atoms with E-state index in [1.54, 1.807) is 0 Å². The van der Waals surface area contributed by atoms with E-state index < -0.39 is 0 Å². The summed E-state index contributed by atoms with van der Waals surface area (Å²) in [4.78, 5) is 0. The van der Waals surface area contributed by atoms with Crippen LogP contribution in [0.4, 0.5) is 0 Å². The van der Waals surface area contributed by atoms with Crippen molar-refractivity contribution in [3.63, 3.8) is 0 Å². The molecule has 2 aromatic carbocycles. The predicted molar refractivity (Wildman–Crippen MR) is 88.3 cm³/mol. The van der Waals surface area contributed by atoms with E-state index >= 15 is 0 Å². The van der Waals surface area contributed by atoms with Crippen LogP contribution < -0.4 is 5.32 Å². The molecule has 106 valence electrons. The third-order valence-electron chi connectivity index (χ3n) is 3.31. The van der Waals surface area contributed by atoms with Gasteiger partial charge >= 0.3 is 0 Å². The second-order valence-corrected chi connectivity index (χ2v) is 5.90. The molecule has 0 aromatic heterocycles. The molecule has 1 nitrogen and oxygen atoms in total. The van der Waals surface area contributed by atoms with Crippen molar-refractivity contribution in [3.8, 4) is 0 Å². The van der Waals surface area contributed by atoms with E-state index in [1.807, 2.05) is 43.4 Å². The highest BCUT2D eigenvalue weighted by atomic mass is 35.5. The van der Waals surface area contributed by atoms with E-state index in [1.165, 1.54) is 0 Å². The van der Waals surface area contributed by atoms with E-state index in [-0.39, 0.29) is 5.92 Å². The normalized spacial score (nSPS) is 12.4. The quantitative estimate of drug-likeness (QED) is 0.796. The van der Waals surface area contributed by atoms with Gasteiger partial charge in [-0.3, -0.25) is 0 Å². The van der Waals surface area contributed by atoms with Gasteiger partial charge in [0.15, 0.2) is 0 Å². The number of rotatable bonds is 5. The number of hydrogen-bond donors (Lipinski definition) is 1. The Hall–Kier alpha value is -0.730. The number of halogens is 3. The monoisotopic (exact) mass is 327 g/mol. The molecular formula is C16H16Cl3N. The van der Waals surface area contributed by atoms with Crippen LogP contribution in [0.5, 0.6) is 0 Å². The van der Waals surface area contributed by atoms with Gasteiger partial charge in [0.2, 0.25) is 0 Å². The molecule has 0 saturated heterocycles. The smallest absolute Gasteiger partial charge is 0.0453 e. The summed E-state index contributed by atoms with van der Waals surface area (Å²) >= 11 is 18.8. The first-order valence-electron chi connectivity index (χ1n) is 6.45. The summed E-state index contributed by atoms with van der Waals surface area (Å²) in [6.07, 6.45) is 0.753. The number of likely N-dealkylation sites (N-methyl/N-ethyl adjacent to an activating group) is 1. The van der Waals surface area contributed by atoms with Crippen molar-refractivity contribution in [3.05, 3.63) is 68.7 Å². The van der Waals surface area contributed by atoms with Gasteiger partial charge in [0.05, 0.1) is 0 Å². The third-order valence-corrected chi connectivity index (χ3v) is 4.36. The molecule has 0 fully saturated rings. The predicted octanol–water partition coefficient (Wildman–Crippen LogP) is 5.19. The Morgan fingerprint density at radius 3 is 2.10 bits per heavy atom. The van der Waals surface area contributed by atoms with Gasteiger partial charge in [-0.05, 0) is 42.8 Å². The number of benzene rings is 2. The fourth-order valence-corrected chi connectivity index (χ4v) is 3.16. The Kier molecular flexibility index (Phi) is 5.74. The minimum atomic E-state index is 0.228. The standard InChI is InChI=1S/C16H16Cl3N/c1-20-10-11(12-5-2-3-6-14(12)17)9-13-15(18)7-4-8-16(13)19/h2-8,11,20H,9-10H2,1H3. The Labute approximate surface area is 134 Å². The molecule has 2 rings (SSSR count). The maximum absolute atomic E-state index is 6.31. The molecular weight excluding hydrogens is 313 g/mol. The van der Waals surface area contributed by atoms with Gasteiger partial charge in [-0.2, -0.15) is 0 Å². The zero-order valence-electron chi connectivity index (χ0n) is 11.2. The molecule has 1 atom stereocenters. The molecule has 0 aliphatic rings. The SMILES string of the molecule is CNCC(Cc1c(Cl)cccc1Cl)c1ccccc1Cl. The molecule has 1 unspecified atom stereocenters. The van der Waals surface area contributed by atoms with Crippen LogP contribution in [-0.2, 0) is 6.42 Å². The van der Waals surface area contributed by atoms with Gasteiger partial charge in [-0.1, -0.05) is 59.1 Å². The lowest BCUT2D eigenvalue weighted by Gasteiger charge is -2.20. The Bertz CT molecular complexity index is 563. The van der Waals surface area contributed by atoms with E-state index in [0.29, 0.717) is 10.0 Å². The first-order valence-corrected chi connectivity index (χ1v) is 7.58. The van der Waals surface area contributed by atoms with Crippen LogP contribution in [-0.4, -0.2) is 13.6 Å². The lowest BCUT2D eigenvalue weighted by atomic mass is 9.91. The maximum Gasteiger partial charge on any atom is 0.0453 e. The van der Waals surface area contributed by atoms with Crippen molar-refractivity contribution in [1.82, 2.24) is 5.32 Å². The second-order valence-electron chi connectivity index (χ2n) is 4.68. The van der Waals surface area contributed by atoms with E-state index in [4.69, 9.17) is 34.8 Å². The van der Waals surface area contributed by atoms with Crippen LogP contribution in [0.15, 0.2) is 42.5 Å². The van der Waals surface area contributed by atoms with Gasteiger partial charge in [0, 0.05) is 27.5 Å². The number of hydrogen-bond acceptors (Lipinski definition) is 1. The third kappa shape index (κ3) is 3.67. The molecule has 0 aliphatic carbocycles. The molecule has 0 spiro atoms.